The Morgan fingerprint density at radius 2 is 2.10 bits per heavy atom. The average Bonchev–Trinajstić information content (AvgIpc) is 2.90. The molecular formula is C13H13FN6. The number of para-hydroxylation sites is 1. The fourth-order valence-electron chi connectivity index (χ4n) is 1.86. The van der Waals surface area contributed by atoms with E-state index in [0.717, 1.165) is 0 Å². The molecule has 1 aromatic carbocycles. The number of halogens is 1. The van der Waals surface area contributed by atoms with E-state index >= 15 is 0 Å². The molecule has 6 nitrogen and oxygen atoms in total. The van der Waals surface area contributed by atoms with E-state index < -0.39 is 0 Å². The first-order valence-electron chi connectivity index (χ1n) is 6.24. The lowest BCUT2D eigenvalue weighted by Gasteiger charge is -2.09. The van der Waals surface area contributed by atoms with Crippen LogP contribution in [0.5, 0.6) is 0 Å². The van der Waals surface area contributed by atoms with E-state index in [0.29, 0.717) is 35.0 Å². The minimum atomic E-state index is -0.340. The monoisotopic (exact) mass is 272 g/mol. The molecule has 0 aliphatic heterocycles. The van der Waals surface area contributed by atoms with Gasteiger partial charge in [-0.1, -0.05) is 12.1 Å². The number of fused-ring (bicyclic) bond motifs is 1. The molecule has 0 radical (unpaired) electrons. The first kappa shape index (κ1) is 12.3. The Morgan fingerprint density at radius 1 is 1.25 bits per heavy atom. The van der Waals surface area contributed by atoms with Crippen molar-refractivity contribution >= 4 is 28.5 Å². The number of nitrogens with zero attached hydrogens (tertiary/aromatic N) is 3. The summed E-state index contributed by atoms with van der Waals surface area (Å²) in [6.07, 6.45) is 1.61. The average molecular weight is 272 g/mol. The Labute approximate surface area is 114 Å². The molecule has 0 saturated heterocycles. The highest BCUT2D eigenvalue weighted by Gasteiger charge is 2.10. The lowest BCUT2D eigenvalue weighted by atomic mass is 10.3. The maximum Gasteiger partial charge on any atom is 0.226 e. The smallest absolute Gasteiger partial charge is 0.226 e. The Hall–Kier alpha value is -2.70. The number of rotatable bonds is 4. The molecule has 20 heavy (non-hydrogen) atoms. The predicted molar refractivity (Wildman–Crippen MR) is 75.5 cm³/mol. The largest absolute Gasteiger partial charge is 0.354 e. The minimum Gasteiger partial charge on any atom is -0.354 e. The summed E-state index contributed by atoms with van der Waals surface area (Å²) in [6.45, 7) is 2.64. The zero-order valence-electron chi connectivity index (χ0n) is 10.8. The summed E-state index contributed by atoms with van der Waals surface area (Å²) in [6, 6.07) is 6.43. The van der Waals surface area contributed by atoms with E-state index in [1.807, 2.05) is 6.92 Å². The van der Waals surface area contributed by atoms with Crippen LogP contribution in [0.2, 0.25) is 0 Å². The molecule has 0 amide bonds. The molecular weight excluding hydrogens is 259 g/mol. The molecule has 0 unspecified atom stereocenters. The fourth-order valence-corrected chi connectivity index (χ4v) is 1.86. The van der Waals surface area contributed by atoms with Crippen LogP contribution in [0.3, 0.4) is 0 Å². The summed E-state index contributed by atoms with van der Waals surface area (Å²) in [5.41, 5.74) is 0.950. The van der Waals surface area contributed by atoms with Gasteiger partial charge in [0.05, 0.1) is 17.3 Å². The number of anilines is 3. The van der Waals surface area contributed by atoms with Gasteiger partial charge < -0.3 is 10.6 Å². The standard InChI is InChI=1S/C13H13FN6/c1-2-15-13-18-11(8-7-16-20-12(8)19-13)17-10-6-4-3-5-9(10)14/h3-7H,2H2,1H3,(H3,15,16,17,18,19,20). The van der Waals surface area contributed by atoms with Crippen molar-refractivity contribution in [3.05, 3.63) is 36.3 Å². The van der Waals surface area contributed by atoms with Crippen LogP contribution in [-0.2, 0) is 0 Å². The van der Waals surface area contributed by atoms with Gasteiger partial charge in [-0.3, -0.25) is 5.10 Å². The quantitative estimate of drug-likeness (QED) is 0.680. The van der Waals surface area contributed by atoms with Crippen molar-refractivity contribution in [1.82, 2.24) is 20.2 Å². The molecule has 3 N–H and O–H groups in total. The third-order valence-electron chi connectivity index (χ3n) is 2.77. The van der Waals surface area contributed by atoms with Crippen LogP contribution in [-0.4, -0.2) is 26.7 Å². The second kappa shape index (κ2) is 5.12. The number of hydrogen-bond acceptors (Lipinski definition) is 5. The molecule has 2 heterocycles. The number of nitrogens with one attached hydrogen (secondary N) is 3. The van der Waals surface area contributed by atoms with Crippen molar-refractivity contribution in [2.75, 3.05) is 17.2 Å². The zero-order chi connectivity index (χ0) is 13.9. The maximum absolute atomic E-state index is 13.7. The van der Waals surface area contributed by atoms with Gasteiger partial charge in [0.2, 0.25) is 5.95 Å². The van der Waals surface area contributed by atoms with Gasteiger partial charge in [-0.2, -0.15) is 15.1 Å². The SMILES string of the molecule is CCNc1nc(Nc2ccccc2F)c2cn[nH]c2n1. The highest BCUT2D eigenvalue weighted by Crippen LogP contribution is 2.25. The van der Waals surface area contributed by atoms with Crippen LogP contribution >= 0.6 is 0 Å². The molecule has 0 aliphatic rings. The molecule has 3 rings (SSSR count). The Kier molecular flexibility index (Phi) is 3.16. The molecule has 7 heteroatoms. The van der Waals surface area contributed by atoms with Crippen molar-refractivity contribution in [2.24, 2.45) is 0 Å². The van der Waals surface area contributed by atoms with Crippen LogP contribution in [0.25, 0.3) is 11.0 Å². The molecule has 0 saturated carbocycles. The van der Waals surface area contributed by atoms with Crippen LogP contribution in [0.4, 0.5) is 21.8 Å². The molecule has 0 atom stereocenters. The van der Waals surface area contributed by atoms with Gasteiger partial charge in [0.15, 0.2) is 5.65 Å². The highest BCUT2D eigenvalue weighted by atomic mass is 19.1. The van der Waals surface area contributed by atoms with Crippen LogP contribution in [0, 0.1) is 5.82 Å². The summed E-state index contributed by atoms with van der Waals surface area (Å²) in [7, 11) is 0. The summed E-state index contributed by atoms with van der Waals surface area (Å²) in [4.78, 5) is 8.61. The summed E-state index contributed by atoms with van der Waals surface area (Å²) in [5.74, 6) is 0.626. The van der Waals surface area contributed by atoms with Gasteiger partial charge in [-0.05, 0) is 19.1 Å². The van der Waals surface area contributed by atoms with E-state index in [2.05, 4.69) is 30.8 Å². The second-order valence-electron chi connectivity index (χ2n) is 4.16. The Balaban J connectivity index is 2.05. The van der Waals surface area contributed by atoms with Crippen molar-refractivity contribution in [2.45, 2.75) is 6.92 Å². The number of hydrogen-bond donors (Lipinski definition) is 3. The van der Waals surface area contributed by atoms with Crippen molar-refractivity contribution in [3.63, 3.8) is 0 Å². The van der Waals surface area contributed by atoms with Gasteiger partial charge in [-0.25, -0.2) is 4.39 Å². The molecule has 102 valence electrons. The summed E-state index contributed by atoms with van der Waals surface area (Å²) < 4.78 is 13.7. The first-order chi connectivity index (χ1) is 9.78. The van der Waals surface area contributed by atoms with Crippen molar-refractivity contribution in [3.8, 4) is 0 Å². The van der Waals surface area contributed by atoms with Crippen LogP contribution in [0.1, 0.15) is 6.92 Å². The Morgan fingerprint density at radius 3 is 2.90 bits per heavy atom. The van der Waals surface area contributed by atoms with Crippen molar-refractivity contribution < 1.29 is 4.39 Å². The van der Waals surface area contributed by atoms with Gasteiger partial charge in [0.25, 0.3) is 0 Å². The lowest BCUT2D eigenvalue weighted by molar-refractivity contribution is 0.632. The number of aromatic nitrogens is 4. The third kappa shape index (κ3) is 2.25. The van der Waals surface area contributed by atoms with E-state index in [9.17, 15) is 4.39 Å². The van der Waals surface area contributed by atoms with Gasteiger partial charge in [0, 0.05) is 6.54 Å². The topological polar surface area (TPSA) is 78.5 Å². The first-order valence-corrected chi connectivity index (χ1v) is 6.24. The van der Waals surface area contributed by atoms with E-state index in [4.69, 9.17) is 0 Å². The normalized spacial score (nSPS) is 10.7. The summed E-state index contributed by atoms with van der Waals surface area (Å²) in [5, 5.41) is 13.4. The minimum absolute atomic E-state index is 0.340. The van der Waals surface area contributed by atoms with E-state index in [1.165, 1.54) is 6.07 Å². The number of H-pyrrole nitrogens is 1. The lowest BCUT2D eigenvalue weighted by Crippen LogP contribution is -2.05. The zero-order valence-corrected chi connectivity index (χ0v) is 10.8. The second-order valence-corrected chi connectivity index (χ2v) is 4.16. The Bertz CT molecular complexity index is 739. The highest BCUT2D eigenvalue weighted by molar-refractivity contribution is 5.89. The molecule has 0 aliphatic carbocycles. The molecule has 0 spiro atoms. The number of benzene rings is 1. The van der Waals surface area contributed by atoms with Crippen LogP contribution < -0.4 is 10.6 Å². The molecule has 3 aromatic rings. The van der Waals surface area contributed by atoms with E-state index in [-0.39, 0.29) is 5.82 Å². The van der Waals surface area contributed by atoms with Gasteiger partial charge in [0.1, 0.15) is 11.6 Å². The fraction of sp³-hybridized carbons (Fsp3) is 0.154. The molecule has 0 bridgehead atoms. The molecule has 0 fully saturated rings. The van der Waals surface area contributed by atoms with E-state index in [1.54, 1.807) is 24.4 Å². The van der Waals surface area contributed by atoms with Gasteiger partial charge >= 0.3 is 0 Å². The van der Waals surface area contributed by atoms with Crippen molar-refractivity contribution in [1.29, 1.82) is 0 Å². The maximum atomic E-state index is 13.7. The predicted octanol–water partition coefficient (Wildman–Crippen LogP) is 2.67. The van der Waals surface area contributed by atoms with Gasteiger partial charge in [-0.15, -0.1) is 0 Å². The van der Waals surface area contributed by atoms with Crippen LogP contribution in [0.15, 0.2) is 30.5 Å². The molecule has 2 aromatic heterocycles. The number of aromatic amines is 1. The third-order valence-corrected chi connectivity index (χ3v) is 2.77. The summed E-state index contributed by atoms with van der Waals surface area (Å²) >= 11 is 0.